The summed E-state index contributed by atoms with van der Waals surface area (Å²) >= 11 is 0. The quantitative estimate of drug-likeness (QED) is 0.0193. The van der Waals surface area contributed by atoms with Crippen molar-refractivity contribution in [3.63, 3.8) is 0 Å². The van der Waals surface area contributed by atoms with Crippen molar-refractivity contribution in [3.8, 4) is 40.3 Å². The number of aliphatic imine (C=N–C) groups is 1. The van der Waals surface area contributed by atoms with Crippen LogP contribution < -0.4 is 40.6 Å². The van der Waals surface area contributed by atoms with Crippen molar-refractivity contribution < 1.29 is 75.6 Å². The lowest BCUT2D eigenvalue weighted by Crippen LogP contribution is -2.65. The molecule has 0 saturated heterocycles. The van der Waals surface area contributed by atoms with Crippen molar-refractivity contribution in [2.24, 2.45) is 10.7 Å². The highest BCUT2D eigenvalue weighted by atomic mass is 19.4. The molecule has 0 saturated carbocycles. The first-order chi connectivity index (χ1) is 24.8. The standard InChI is InChI=1S/C29H31N5O11.CF3.CO2/c1-39-18-10-9-16-22(23(35)15-13-20(40-2)25(42-4)21(14-15)41-3)26(19-8-6-12-43-19)44-24(16)27(18)45-28(36)17(30)7-5-11-32-29(31)33-34(37)38;2-1(3)4;2-1-3/h6,8-10,12-14,17H,5,7,11,30H2,1-4H3,(H3,31,32,33);;/q;-1;/p+1. The Balaban J connectivity index is 0.00000123. The van der Waals surface area contributed by atoms with Gasteiger partial charge in [-0.05, 0) is 42.8 Å². The minimum atomic E-state index is -3.08. The number of quaternary nitrogens is 1. The highest BCUT2D eigenvalue weighted by Crippen LogP contribution is 2.45. The molecule has 21 heteroatoms. The summed E-state index contributed by atoms with van der Waals surface area (Å²) in [6.45, 7) is -2.97. The van der Waals surface area contributed by atoms with Crippen LogP contribution in [0.2, 0.25) is 0 Å². The number of nitro groups is 1. The van der Waals surface area contributed by atoms with Crippen LogP contribution in [0.3, 0.4) is 0 Å². The molecule has 6 N–H and O–H groups in total. The number of hydrazine groups is 1. The van der Waals surface area contributed by atoms with E-state index in [4.69, 9.17) is 47.8 Å². The van der Waals surface area contributed by atoms with Gasteiger partial charge in [-0.2, -0.15) is 9.59 Å². The van der Waals surface area contributed by atoms with Crippen molar-refractivity contribution in [2.45, 2.75) is 18.9 Å². The number of furan rings is 2. The maximum absolute atomic E-state index is 14.2. The number of halogens is 3. The van der Waals surface area contributed by atoms with Gasteiger partial charge in [-0.1, -0.05) is 5.43 Å². The number of benzene rings is 2. The highest BCUT2D eigenvalue weighted by Gasteiger charge is 2.31. The zero-order valence-electron chi connectivity index (χ0n) is 27.9. The van der Waals surface area contributed by atoms with Gasteiger partial charge in [0.2, 0.25) is 11.5 Å². The normalized spacial score (nSPS) is 11.2. The molecule has 0 aliphatic rings. The van der Waals surface area contributed by atoms with Gasteiger partial charge >= 0.3 is 12.1 Å². The Bertz CT molecular complexity index is 1860. The first kappa shape index (κ1) is 41.6. The molecule has 0 aliphatic heterocycles. The molecule has 2 aromatic carbocycles. The van der Waals surface area contributed by atoms with Crippen LogP contribution in [0.15, 0.2) is 56.5 Å². The molecule has 18 nitrogen and oxygen atoms in total. The molecule has 52 heavy (non-hydrogen) atoms. The van der Waals surface area contributed by atoms with Crippen LogP contribution in [0.4, 0.5) is 13.2 Å². The number of hydrogen-bond acceptors (Lipinski definition) is 14. The van der Waals surface area contributed by atoms with Crippen LogP contribution in [-0.2, 0) is 14.4 Å². The molecule has 1 atom stereocenters. The molecule has 4 rings (SSSR count). The third-order valence-corrected chi connectivity index (χ3v) is 6.63. The van der Waals surface area contributed by atoms with Gasteiger partial charge in [-0.25, -0.2) is 19.9 Å². The fourth-order valence-electron chi connectivity index (χ4n) is 4.51. The lowest BCUT2D eigenvalue weighted by atomic mass is 9.98. The summed E-state index contributed by atoms with van der Waals surface area (Å²) in [5.41, 5.74) is 11.4. The fourth-order valence-corrected chi connectivity index (χ4v) is 4.51. The zero-order valence-corrected chi connectivity index (χ0v) is 27.9. The van der Waals surface area contributed by atoms with E-state index in [1.54, 1.807) is 23.6 Å². The fraction of sp³-hybridized carbons (Fsp3) is 0.258. The molecule has 0 fully saturated rings. The molecule has 1 unspecified atom stereocenters. The van der Waals surface area contributed by atoms with Crippen LogP contribution in [-0.4, -0.2) is 69.9 Å². The Morgan fingerprint density at radius 3 is 2.13 bits per heavy atom. The summed E-state index contributed by atoms with van der Waals surface area (Å²) in [6.07, 6.45) is 2.24. The molecular weight excluding hydrogens is 707 g/mol. The molecule has 0 amide bonds. The van der Waals surface area contributed by atoms with Crippen LogP contribution in [0.25, 0.3) is 22.5 Å². The second-order valence-electron chi connectivity index (χ2n) is 9.69. The van der Waals surface area contributed by atoms with Crippen LogP contribution in [0.5, 0.6) is 28.7 Å². The number of ketones is 1. The van der Waals surface area contributed by atoms with E-state index >= 15 is 0 Å². The van der Waals surface area contributed by atoms with Crippen molar-refractivity contribution in [1.82, 2.24) is 5.43 Å². The van der Waals surface area contributed by atoms with E-state index in [1.165, 1.54) is 52.9 Å². The average Bonchev–Trinajstić information content (AvgIpc) is 3.77. The van der Waals surface area contributed by atoms with E-state index in [1.807, 2.05) is 0 Å². The van der Waals surface area contributed by atoms with E-state index in [9.17, 15) is 32.9 Å². The Morgan fingerprint density at radius 1 is 1.04 bits per heavy atom. The second-order valence-corrected chi connectivity index (χ2v) is 9.69. The second kappa shape index (κ2) is 20.2. The zero-order chi connectivity index (χ0) is 39.0. The van der Waals surface area contributed by atoms with Gasteiger partial charge in [0.25, 0.3) is 5.96 Å². The predicted molar refractivity (Wildman–Crippen MR) is 170 cm³/mol. The van der Waals surface area contributed by atoms with Gasteiger partial charge in [0, 0.05) is 23.9 Å². The summed E-state index contributed by atoms with van der Waals surface area (Å²) in [5.74, 6) is -0.255. The summed E-state index contributed by atoms with van der Waals surface area (Å²) in [4.78, 5) is 57.8. The smallest absolute Gasteiger partial charge is 0.373 e. The summed E-state index contributed by atoms with van der Waals surface area (Å²) in [7, 11) is 5.71. The molecule has 0 spiro atoms. The number of ether oxygens (including phenoxy) is 5. The van der Waals surface area contributed by atoms with E-state index in [0.717, 1.165) is 0 Å². The Kier molecular flexibility index (Phi) is 16.1. The Labute approximate surface area is 291 Å². The maximum Gasteiger partial charge on any atom is 0.373 e. The average molecular weight is 740 g/mol. The minimum absolute atomic E-state index is 0.0559. The van der Waals surface area contributed by atoms with Gasteiger partial charge in [-0.3, -0.25) is 4.79 Å². The number of rotatable bonds is 14. The molecule has 2 aromatic heterocycles. The SMILES string of the molecule is COc1cc(C(=O)c2c(-c3ccco3)oc3c(OC(=O)C([NH3+])CCCN=C(N)N[N+](=O)[O-])c(OC)ccc23)cc(OC)c1OC.F[C-](F)F.O=C=O. The number of hydrogen-bond donors (Lipinski definition) is 3. The van der Waals surface area contributed by atoms with Gasteiger partial charge in [0.15, 0.2) is 57.9 Å². The molecule has 0 aliphatic carbocycles. The monoisotopic (exact) mass is 739 g/mol. The van der Waals surface area contributed by atoms with E-state index in [2.05, 4.69) is 10.7 Å². The topological polar surface area (TPSA) is 262 Å². The molecular formula is C31H32F3N5O13. The first-order valence-corrected chi connectivity index (χ1v) is 14.4. The summed E-state index contributed by atoms with van der Waals surface area (Å²) in [5, 5.41) is 9.92. The lowest BCUT2D eigenvalue weighted by Gasteiger charge is -2.14. The first-order valence-electron chi connectivity index (χ1n) is 14.4. The van der Waals surface area contributed by atoms with Crippen LogP contribution in [0.1, 0.15) is 28.8 Å². The third kappa shape index (κ3) is 11.0. The van der Waals surface area contributed by atoms with Gasteiger partial charge in [-0.15, -0.1) is 0 Å². The molecule has 280 valence electrons. The number of fused-ring (bicyclic) bond motifs is 1. The lowest BCUT2D eigenvalue weighted by molar-refractivity contribution is -0.525. The number of carbonyl (C=O) groups is 2. The van der Waals surface area contributed by atoms with Gasteiger partial charge < -0.3 is 57.2 Å². The van der Waals surface area contributed by atoms with E-state index in [-0.39, 0.29) is 76.3 Å². The predicted octanol–water partition coefficient (Wildman–Crippen LogP) is 3.11. The largest absolute Gasteiger partial charge is 0.493 e. The number of guanidine groups is 1. The molecule has 2 heterocycles. The maximum atomic E-state index is 14.2. The van der Waals surface area contributed by atoms with Crippen molar-refractivity contribution in [2.75, 3.05) is 35.0 Å². The minimum Gasteiger partial charge on any atom is -0.493 e. The third-order valence-electron chi connectivity index (χ3n) is 6.63. The van der Waals surface area contributed by atoms with Gasteiger partial charge in [0.05, 0.1) is 40.3 Å². The summed E-state index contributed by atoms with van der Waals surface area (Å²) in [6, 6.07) is 8.57. The van der Waals surface area contributed by atoms with E-state index < -0.39 is 29.5 Å². The number of nitrogens with zero attached hydrogens (tertiary/aromatic N) is 2. The number of carbonyl (C=O) groups excluding carboxylic acids is 4. The van der Waals surface area contributed by atoms with Crippen LogP contribution >= 0.6 is 0 Å². The van der Waals surface area contributed by atoms with Crippen molar-refractivity contribution in [1.29, 1.82) is 0 Å². The van der Waals surface area contributed by atoms with Gasteiger partial charge in [0.1, 0.15) is 0 Å². The highest BCUT2D eigenvalue weighted by molar-refractivity contribution is 6.20. The molecule has 0 bridgehead atoms. The Hall–Kier alpha value is -6.60. The van der Waals surface area contributed by atoms with E-state index in [0.29, 0.717) is 17.6 Å². The van der Waals surface area contributed by atoms with Crippen molar-refractivity contribution in [3.05, 3.63) is 70.6 Å². The summed E-state index contributed by atoms with van der Waals surface area (Å²) < 4.78 is 68.0. The number of esters is 1. The molecule has 4 aromatic rings. The number of nitrogens with two attached hydrogens (primary N) is 1. The van der Waals surface area contributed by atoms with Crippen LogP contribution in [0, 0.1) is 16.8 Å². The van der Waals surface area contributed by atoms with Crippen molar-refractivity contribution >= 4 is 34.8 Å². The Morgan fingerprint density at radius 2 is 1.63 bits per heavy atom. The number of nitrogens with one attached hydrogen (secondary N) is 1. The number of methoxy groups -OCH3 is 4. The molecule has 0 radical (unpaired) electrons.